The van der Waals surface area contributed by atoms with Gasteiger partial charge in [0, 0.05) is 5.69 Å². The quantitative estimate of drug-likeness (QED) is 0.482. The number of nitrogens with two attached hydrogens (primary N) is 1. The van der Waals surface area contributed by atoms with Gasteiger partial charge in [0.05, 0.1) is 24.0 Å². The second-order valence-corrected chi connectivity index (χ2v) is 8.28. The van der Waals surface area contributed by atoms with Gasteiger partial charge in [0.25, 0.3) is 0 Å². The second-order valence-electron chi connectivity index (χ2n) is 6.43. The lowest BCUT2D eigenvalue weighted by Crippen LogP contribution is -2.46. The maximum atomic E-state index is 12.1. The van der Waals surface area contributed by atoms with Crippen molar-refractivity contribution in [3.8, 4) is 0 Å². The summed E-state index contributed by atoms with van der Waals surface area (Å²) in [4.78, 5) is 23.8. The van der Waals surface area contributed by atoms with Crippen LogP contribution in [0.2, 0.25) is 0 Å². The first-order chi connectivity index (χ1) is 12.1. The van der Waals surface area contributed by atoms with Gasteiger partial charge in [-0.05, 0) is 37.0 Å². The molecule has 10 heteroatoms. The molecule has 5 N–H and O–H groups in total. The molecule has 0 aliphatic rings. The molecule has 0 aliphatic carbocycles. The summed E-state index contributed by atoms with van der Waals surface area (Å²) < 4.78 is 26.4. The fourth-order valence-electron chi connectivity index (χ4n) is 2.15. The fraction of sp³-hybridized carbons (Fsp3) is 0.529. The Balaban J connectivity index is 0.00000676. The van der Waals surface area contributed by atoms with Crippen LogP contribution in [-0.2, 0) is 19.6 Å². The average molecular weight is 421 g/mol. The lowest BCUT2D eigenvalue weighted by Gasteiger charge is -2.16. The first-order valence-electron chi connectivity index (χ1n) is 8.50. The van der Waals surface area contributed by atoms with Crippen molar-refractivity contribution in [2.75, 3.05) is 22.3 Å². The van der Waals surface area contributed by atoms with Crippen LogP contribution in [-0.4, -0.2) is 38.6 Å². The Morgan fingerprint density at radius 1 is 1.19 bits per heavy atom. The molecule has 1 rings (SSSR count). The van der Waals surface area contributed by atoms with Crippen molar-refractivity contribution in [3.05, 3.63) is 23.8 Å². The molecule has 0 fully saturated rings. The number of anilines is 2. The first-order valence-corrected chi connectivity index (χ1v) is 10.2. The van der Waals surface area contributed by atoms with E-state index in [2.05, 4.69) is 15.4 Å². The van der Waals surface area contributed by atoms with Gasteiger partial charge in [0.15, 0.2) is 0 Å². The van der Waals surface area contributed by atoms with Crippen LogP contribution in [0.15, 0.2) is 18.2 Å². The molecule has 0 heterocycles. The third-order valence-electron chi connectivity index (χ3n) is 3.79. The largest absolute Gasteiger partial charge is 0.346 e. The van der Waals surface area contributed by atoms with Gasteiger partial charge in [-0.25, -0.2) is 8.42 Å². The number of carbonyl (C=O) groups is 2. The van der Waals surface area contributed by atoms with Crippen LogP contribution in [0.3, 0.4) is 0 Å². The molecule has 0 aromatic heterocycles. The summed E-state index contributed by atoms with van der Waals surface area (Å²) in [5, 5.41) is 5.15. The summed E-state index contributed by atoms with van der Waals surface area (Å²) >= 11 is 0. The van der Waals surface area contributed by atoms with E-state index in [1.54, 1.807) is 32.0 Å². The van der Waals surface area contributed by atoms with Crippen LogP contribution in [0.25, 0.3) is 0 Å². The minimum Gasteiger partial charge on any atom is -0.346 e. The minimum atomic E-state index is -3.43. The van der Waals surface area contributed by atoms with Crippen LogP contribution in [0.1, 0.15) is 32.8 Å². The zero-order chi connectivity index (χ0) is 19.9. The van der Waals surface area contributed by atoms with E-state index in [0.29, 0.717) is 23.4 Å². The van der Waals surface area contributed by atoms with E-state index in [0.717, 1.165) is 0 Å². The summed E-state index contributed by atoms with van der Waals surface area (Å²) in [7, 11) is -3.43. The maximum absolute atomic E-state index is 12.1. The van der Waals surface area contributed by atoms with Crippen LogP contribution in [0.5, 0.6) is 0 Å². The highest BCUT2D eigenvalue weighted by molar-refractivity contribution is 7.92. The molecular formula is C17H29ClN4O4S. The molecule has 0 bridgehead atoms. The van der Waals surface area contributed by atoms with Gasteiger partial charge < -0.3 is 16.4 Å². The Kier molecular flexibility index (Phi) is 10.3. The number of sulfonamides is 1. The van der Waals surface area contributed by atoms with Crippen molar-refractivity contribution in [1.82, 2.24) is 5.32 Å². The third kappa shape index (κ3) is 8.15. The summed E-state index contributed by atoms with van der Waals surface area (Å²) in [6.45, 7) is 6.90. The molecule has 0 saturated heterocycles. The SMILES string of the molecule is CCCS(=O)(=O)Nc1cccc(NC(=O)CNC(=O)[C@@H](N)C(C)C)c1C.Cl. The van der Waals surface area contributed by atoms with E-state index in [1.165, 1.54) is 0 Å². The van der Waals surface area contributed by atoms with Crippen molar-refractivity contribution < 1.29 is 18.0 Å². The number of rotatable bonds is 9. The minimum absolute atomic E-state index is 0. The van der Waals surface area contributed by atoms with Gasteiger partial charge >= 0.3 is 0 Å². The smallest absolute Gasteiger partial charge is 0.243 e. The van der Waals surface area contributed by atoms with Crippen LogP contribution < -0.4 is 21.1 Å². The van der Waals surface area contributed by atoms with Gasteiger partial charge in [0.2, 0.25) is 21.8 Å². The van der Waals surface area contributed by atoms with E-state index in [4.69, 9.17) is 5.73 Å². The number of amides is 2. The van der Waals surface area contributed by atoms with Gasteiger partial charge in [0.1, 0.15) is 0 Å². The fourth-order valence-corrected chi connectivity index (χ4v) is 3.35. The van der Waals surface area contributed by atoms with Gasteiger partial charge in [-0.2, -0.15) is 0 Å². The van der Waals surface area contributed by atoms with Gasteiger partial charge in [-0.3, -0.25) is 14.3 Å². The lowest BCUT2D eigenvalue weighted by molar-refractivity contribution is -0.125. The molecule has 0 radical (unpaired) electrons. The van der Waals surface area contributed by atoms with E-state index >= 15 is 0 Å². The molecule has 27 heavy (non-hydrogen) atoms. The van der Waals surface area contributed by atoms with Crippen LogP contribution >= 0.6 is 12.4 Å². The highest BCUT2D eigenvalue weighted by Crippen LogP contribution is 2.24. The number of carbonyl (C=O) groups excluding carboxylic acids is 2. The van der Waals surface area contributed by atoms with E-state index in [9.17, 15) is 18.0 Å². The predicted octanol–water partition coefficient (Wildman–Crippen LogP) is 1.61. The lowest BCUT2D eigenvalue weighted by atomic mass is 10.1. The molecular weight excluding hydrogens is 392 g/mol. The van der Waals surface area contributed by atoms with E-state index < -0.39 is 27.9 Å². The van der Waals surface area contributed by atoms with Gasteiger partial charge in [-0.15, -0.1) is 12.4 Å². The van der Waals surface area contributed by atoms with Crippen molar-refractivity contribution in [2.24, 2.45) is 11.7 Å². The van der Waals surface area contributed by atoms with Crippen molar-refractivity contribution in [2.45, 2.75) is 40.2 Å². The maximum Gasteiger partial charge on any atom is 0.243 e. The van der Waals surface area contributed by atoms with Crippen molar-refractivity contribution in [3.63, 3.8) is 0 Å². The van der Waals surface area contributed by atoms with Gasteiger partial charge in [-0.1, -0.05) is 26.8 Å². The Labute approximate surface area is 167 Å². The average Bonchev–Trinajstić information content (AvgIpc) is 2.55. The number of hydrogen-bond donors (Lipinski definition) is 4. The van der Waals surface area contributed by atoms with Crippen molar-refractivity contribution >= 4 is 45.6 Å². The second kappa shape index (κ2) is 11.1. The molecule has 154 valence electrons. The third-order valence-corrected chi connectivity index (χ3v) is 5.27. The molecule has 1 atom stereocenters. The Bertz CT molecular complexity index is 753. The zero-order valence-electron chi connectivity index (χ0n) is 16.0. The number of halogens is 1. The summed E-state index contributed by atoms with van der Waals surface area (Å²) in [6, 6.07) is 4.24. The monoisotopic (exact) mass is 420 g/mol. The Hall–Kier alpha value is -1.84. The highest BCUT2D eigenvalue weighted by atomic mass is 35.5. The summed E-state index contributed by atoms with van der Waals surface area (Å²) in [5.41, 5.74) is 7.18. The molecule has 2 amide bonds. The Morgan fingerprint density at radius 2 is 1.78 bits per heavy atom. The first kappa shape index (κ1) is 25.2. The normalized spacial score (nSPS) is 12.1. The standard InChI is InChI=1S/C17H28N4O4S.ClH/c1-5-9-26(24,25)21-14-8-6-7-13(12(14)4)20-15(22)10-19-17(23)16(18)11(2)3;/h6-8,11,16,21H,5,9-10,18H2,1-4H3,(H,19,23)(H,20,22);1H/t16-;/m0./s1. The van der Waals surface area contributed by atoms with E-state index in [-0.39, 0.29) is 30.6 Å². The van der Waals surface area contributed by atoms with Crippen molar-refractivity contribution in [1.29, 1.82) is 0 Å². The zero-order valence-corrected chi connectivity index (χ0v) is 17.7. The molecule has 0 aliphatic heterocycles. The molecule has 1 aromatic carbocycles. The molecule has 0 unspecified atom stereocenters. The Morgan fingerprint density at radius 3 is 2.33 bits per heavy atom. The number of nitrogens with one attached hydrogen (secondary N) is 3. The van der Waals surface area contributed by atoms with E-state index in [1.807, 2.05) is 13.8 Å². The number of benzene rings is 1. The molecule has 0 spiro atoms. The van der Waals surface area contributed by atoms with Crippen LogP contribution in [0, 0.1) is 12.8 Å². The number of hydrogen-bond acceptors (Lipinski definition) is 5. The van der Waals surface area contributed by atoms with Crippen LogP contribution in [0.4, 0.5) is 11.4 Å². The summed E-state index contributed by atoms with van der Waals surface area (Å²) in [6.07, 6.45) is 0.503. The highest BCUT2D eigenvalue weighted by Gasteiger charge is 2.18. The summed E-state index contributed by atoms with van der Waals surface area (Å²) in [5.74, 6) is -0.836. The predicted molar refractivity (Wildman–Crippen MR) is 111 cm³/mol. The molecule has 0 saturated carbocycles. The molecule has 8 nitrogen and oxygen atoms in total. The molecule has 1 aromatic rings. The topological polar surface area (TPSA) is 130 Å².